The molecule has 0 spiro atoms. The lowest BCUT2D eigenvalue weighted by atomic mass is 10.4. The molecule has 0 bridgehead atoms. The molecule has 1 N–H and O–H groups in total. The van der Waals surface area contributed by atoms with Crippen molar-refractivity contribution in [3.63, 3.8) is 0 Å². The molecule has 3 nitrogen and oxygen atoms in total. The van der Waals surface area contributed by atoms with E-state index in [4.69, 9.17) is 0 Å². The number of nitrogens with one attached hydrogen (secondary N) is 1. The van der Waals surface area contributed by atoms with Crippen LogP contribution in [0.15, 0.2) is 24.5 Å². The maximum Gasteiger partial charge on any atom is 0.105 e. The molecule has 2 aromatic heterocycles. The minimum atomic E-state index is 0.933. The molecule has 0 atom stereocenters. The SMILES string of the molecule is CCNCc1ccc(Cn2ccnc2C)s1. The number of nitrogens with zero attached hydrogens (tertiary/aromatic N) is 2. The van der Waals surface area contributed by atoms with Crippen LogP contribution in [0.2, 0.25) is 0 Å². The molecule has 0 aliphatic carbocycles. The summed E-state index contributed by atoms with van der Waals surface area (Å²) in [5, 5.41) is 3.34. The normalized spacial score (nSPS) is 10.9. The third kappa shape index (κ3) is 2.71. The second kappa shape index (κ2) is 5.27. The van der Waals surface area contributed by atoms with Crippen molar-refractivity contribution in [3.8, 4) is 0 Å². The largest absolute Gasteiger partial charge is 0.330 e. The van der Waals surface area contributed by atoms with E-state index in [0.717, 1.165) is 25.5 Å². The first-order chi connectivity index (χ1) is 7.79. The Morgan fingerprint density at radius 2 is 2.19 bits per heavy atom. The fourth-order valence-electron chi connectivity index (χ4n) is 1.59. The molecule has 0 saturated heterocycles. The maximum atomic E-state index is 4.22. The molecule has 0 aliphatic rings. The Kier molecular flexibility index (Phi) is 3.74. The van der Waals surface area contributed by atoms with Gasteiger partial charge in [-0.1, -0.05) is 6.92 Å². The molecule has 0 aliphatic heterocycles. The van der Waals surface area contributed by atoms with Crippen molar-refractivity contribution in [1.29, 1.82) is 0 Å². The van der Waals surface area contributed by atoms with Crippen molar-refractivity contribution in [2.75, 3.05) is 6.54 Å². The van der Waals surface area contributed by atoms with Gasteiger partial charge in [0.05, 0.1) is 6.54 Å². The average Bonchev–Trinajstić information content (AvgIpc) is 2.87. The number of aromatic nitrogens is 2. The third-order valence-corrected chi connectivity index (χ3v) is 3.59. The van der Waals surface area contributed by atoms with Gasteiger partial charge in [0, 0.05) is 28.7 Å². The summed E-state index contributed by atoms with van der Waals surface area (Å²) in [7, 11) is 0. The smallest absolute Gasteiger partial charge is 0.105 e. The molecule has 0 unspecified atom stereocenters. The lowest BCUT2D eigenvalue weighted by molar-refractivity contribution is 0.735. The van der Waals surface area contributed by atoms with Gasteiger partial charge in [-0.3, -0.25) is 0 Å². The van der Waals surface area contributed by atoms with E-state index in [0.29, 0.717) is 0 Å². The van der Waals surface area contributed by atoms with Gasteiger partial charge >= 0.3 is 0 Å². The summed E-state index contributed by atoms with van der Waals surface area (Å²) in [6.45, 7) is 7.09. The number of hydrogen-bond acceptors (Lipinski definition) is 3. The van der Waals surface area contributed by atoms with E-state index >= 15 is 0 Å². The van der Waals surface area contributed by atoms with Gasteiger partial charge in [-0.05, 0) is 25.6 Å². The zero-order valence-corrected chi connectivity index (χ0v) is 10.5. The van der Waals surface area contributed by atoms with Gasteiger partial charge in [0.15, 0.2) is 0 Å². The summed E-state index contributed by atoms with van der Waals surface area (Å²) in [4.78, 5) is 7.01. The van der Waals surface area contributed by atoms with Crippen LogP contribution in [-0.4, -0.2) is 16.1 Å². The highest BCUT2D eigenvalue weighted by molar-refractivity contribution is 7.11. The van der Waals surface area contributed by atoms with E-state index in [-0.39, 0.29) is 0 Å². The quantitative estimate of drug-likeness (QED) is 0.862. The zero-order valence-electron chi connectivity index (χ0n) is 9.73. The summed E-state index contributed by atoms with van der Waals surface area (Å²) >= 11 is 1.87. The van der Waals surface area contributed by atoms with Gasteiger partial charge in [0.2, 0.25) is 0 Å². The van der Waals surface area contributed by atoms with Crippen molar-refractivity contribution >= 4 is 11.3 Å². The van der Waals surface area contributed by atoms with E-state index < -0.39 is 0 Å². The van der Waals surface area contributed by atoms with Gasteiger partial charge in [-0.15, -0.1) is 11.3 Å². The van der Waals surface area contributed by atoms with Crippen LogP contribution in [0.4, 0.5) is 0 Å². The first-order valence-corrected chi connectivity index (χ1v) is 6.37. The Morgan fingerprint density at radius 3 is 2.88 bits per heavy atom. The molecule has 2 heterocycles. The molecule has 2 rings (SSSR count). The summed E-state index contributed by atoms with van der Waals surface area (Å²) in [5.74, 6) is 1.07. The molecule has 16 heavy (non-hydrogen) atoms. The minimum Gasteiger partial charge on any atom is -0.330 e. The van der Waals surface area contributed by atoms with E-state index in [2.05, 4.69) is 33.9 Å². The Morgan fingerprint density at radius 1 is 1.38 bits per heavy atom. The minimum absolute atomic E-state index is 0.933. The van der Waals surface area contributed by atoms with Crippen molar-refractivity contribution < 1.29 is 0 Å². The summed E-state index contributed by atoms with van der Waals surface area (Å²) < 4.78 is 2.17. The number of aryl methyl sites for hydroxylation is 1. The molecule has 0 amide bonds. The lowest BCUT2D eigenvalue weighted by Crippen LogP contribution is -2.10. The zero-order chi connectivity index (χ0) is 11.4. The molecular formula is C12H17N3S. The molecule has 0 saturated carbocycles. The Balaban J connectivity index is 2.00. The van der Waals surface area contributed by atoms with Crippen molar-refractivity contribution in [2.24, 2.45) is 0 Å². The van der Waals surface area contributed by atoms with Gasteiger partial charge in [0.1, 0.15) is 5.82 Å². The predicted octanol–water partition coefficient (Wildman–Crippen LogP) is 2.41. The van der Waals surface area contributed by atoms with Crippen LogP contribution < -0.4 is 5.32 Å². The molecule has 86 valence electrons. The molecule has 2 aromatic rings. The summed E-state index contributed by atoms with van der Waals surface area (Å²) in [5.41, 5.74) is 0. The van der Waals surface area contributed by atoms with Crippen LogP contribution in [0.1, 0.15) is 22.5 Å². The molecule has 0 radical (unpaired) electrons. The highest BCUT2D eigenvalue weighted by atomic mass is 32.1. The van der Waals surface area contributed by atoms with E-state index in [1.54, 1.807) is 0 Å². The van der Waals surface area contributed by atoms with Gasteiger partial charge in [-0.2, -0.15) is 0 Å². The number of hydrogen-bond donors (Lipinski definition) is 1. The summed E-state index contributed by atoms with van der Waals surface area (Å²) in [6.07, 6.45) is 3.88. The van der Waals surface area contributed by atoms with Crippen LogP contribution in [-0.2, 0) is 13.1 Å². The van der Waals surface area contributed by atoms with Crippen molar-refractivity contribution in [1.82, 2.24) is 14.9 Å². The second-order valence-corrected chi connectivity index (χ2v) is 5.00. The van der Waals surface area contributed by atoms with Crippen LogP contribution in [0.25, 0.3) is 0 Å². The monoisotopic (exact) mass is 235 g/mol. The van der Waals surface area contributed by atoms with Crippen LogP contribution in [0.5, 0.6) is 0 Å². The van der Waals surface area contributed by atoms with Gasteiger partial charge in [0.25, 0.3) is 0 Å². The van der Waals surface area contributed by atoms with Gasteiger partial charge < -0.3 is 9.88 Å². The first-order valence-electron chi connectivity index (χ1n) is 5.55. The highest BCUT2D eigenvalue weighted by Gasteiger charge is 2.02. The highest BCUT2D eigenvalue weighted by Crippen LogP contribution is 2.17. The Labute approximate surface area is 100 Å². The molecule has 4 heteroatoms. The fourth-order valence-corrected chi connectivity index (χ4v) is 2.58. The number of imidazole rings is 1. The Bertz CT molecular complexity index is 445. The number of thiophene rings is 1. The molecular weight excluding hydrogens is 218 g/mol. The number of rotatable bonds is 5. The first kappa shape index (κ1) is 11.4. The fraction of sp³-hybridized carbons (Fsp3) is 0.417. The van der Waals surface area contributed by atoms with Crippen molar-refractivity contribution in [3.05, 3.63) is 40.1 Å². The average molecular weight is 235 g/mol. The third-order valence-electron chi connectivity index (χ3n) is 2.52. The standard InChI is InChI=1S/C12H17N3S/c1-3-13-8-11-4-5-12(16-11)9-15-7-6-14-10(15)2/h4-7,13H,3,8-9H2,1-2H3. The second-order valence-electron chi connectivity index (χ2n) is 3.75. The van der Waals surface area contributed by atoms with E-state index in [1.807, 2.05) is 30.7 Å². The Hall–Kier alpha value is -1.13. The van der Waals surface area contributed by atoms with Crippen LogP contribution in [0.3, 0.4) is 0 Å². The summed E-state index contributed by atoms with van der Waals surface area (Å²) in [6, 6.07) is 4.41. The predicted molar refractivity (Wildman–Crippen MR) is 67.8 cm³/mol. The van der Waals surface area contributed by atoms with Crippen LogP contribution >= 0.6 is 11.3 Å². The molecule has 0 fully saturated rings. The topological polar surface area (TPSA) is 29.9 Å². The van der Waals surface area contributed by atoms with Crippen LogP contribution in [0, 0.1) is 6.92 Å². The lowest BCUT2D eigenvalue weighted by Gasteiger charge is -2.01. The van der Waals surface area contributed by atoms with Crippen molar-refractivity contribution in [2.45, 2.75) is 26.9 Å². The maximum absolute atomic E-state index is 4.22. The molecule has 0 aromatic carbocycles. The van der Waals surface area contributed by atoms with E-state index in [1.165, 1.54) is 9.75 Å². The van der Waals surface area contributed by atoms with E-state index in [9.17, 15) is 0 Å². The van der Waals surface area contributed by atoms with Gasteiger partial charge in [-0.25, -0.2) is 4.98 Å².